The number of unbranched alkanes of at least 4 members (excludes halogenated alkanes) is 11. The van der Waals surface area contributed by atoms with E-state index in [0.29, 0.717) is 0 Å². The molecule has 1 aliphatic heterocycles. The summed E-state index contributed by atoms with van der Waals surface area (Å²) in [5.74, 6) is 0. The van der Waals surface area contributed by atoms with Gasteiger partial charge in [0.15, 0.2) is 0 Å². The molecule has 0 saturated heterocycles. The van der Waals surface area contributed by atoms with Crippen LogP contribution in [0, 0.1) is 0 Å². The van der Waals surface area contributed by atoms with Gasteiger partial charge in [-0.3, -0.25) is 9.89 Å². The van der Waals surface area contributed by atoms with Gasteiger partial charge < -0.3 is 5.73 Å². The summed E-state index contributed by atoms with van der Waals surface area (Å²) >= 11 is 0. The molecule has 2 N–H and O–H groups in total. The van der Waals surface area contributed by atoms with Crippen molar-refractivity contribution in [2.45, 2.75) is 103 Å². The zero-order valence-electron chi connectivity index (χ0n) is 15.6. The fourth-order valence-electron chi connectivity index (χ4n) is 3.15. The average molecular weight is 322 g/mol. The van der Waals surface area contributed by atoms with Crippen molar-refractivity contribution in [2.24, 2.45) is 10.7 Å². The molecule has 0 radical (unpaired) electrons. The second kappa shape index (κ2) is 13.7. The number of aliphatic imine (C=N–C) groups is 1. The van der Waals surface area contributed by atoms with Crippen molar-refractivity contribution in [1.82, 2.24) is 4.90 Å². The van der Waals surface area contributed by atoms with Crippen molar-refractivity contribution in [3.63, 3.8) is 0 Å². The Labute approximate surface area is 144 Å². The number of rotatable bonds is 14. The lowest BCUT2D eigenvalue weighted by Crippen LogP contribution is -2.42. The van der Waals surface area contributed by atoms with E-state index in [1.54, 1.807) is 0 Å². The van der Waals surface area contributed by atoms with Gasteiger partial charge in [-0.1, -0.05) is 77.2 Å². The van der Waals surface area contributed by atoms with Gasteiger partial charge in [0.1, 0.15) is 6.17 Å². The maximum Gasteiger partial charge on any atom is 0.122 e. The Balaban J connectivity index is 1.88. The SMILES string of the molecule is CCCCCCCCCCCCC/C=C/C1N=CCN1C(C)N. The molecule has 0 aliphatic carbocycles. The minimum absolute atomic E-state index is 0.0779. The predicted molar refractivity (Wildman–Crippen MR) is 103 cm³/mol. The summed E-state index contributed by atoms with van der Waals surface area (Å²) < 4.78 is 0. The summed E-state index contributed by atoms with van der Waals surface area (Å²) in [5.41, 5.74) is 5.94. The first kappa shape index (κ1) is 20.4. The van der Waals surface area contributed by atoms with Crippen LogP contribution in [0.4, 0.5) is 0 Å². The van der Waals surface area contributed by atoms with Crippen LogP contribution in [0.5, 0.6) is 0 Å². The molecule has 2 unspecified atom stereocenters. The first-order chi connectivity index (χ1) is 11.3. The Kier molecular flexibility index (Phi) is 12.2. The van der Waals surface area contributed by atoms with Crippen LogP contribution in [0.25, 0.3) is 0 Å². The van der Waals surface area contributed by atoms with Crippen LogP contribution in [-0.4, -0.2) is 30.0 Å². The first-order valence-electron chi connectivity index (χ1n) is 9.95. The minimum atomic E-state index is 0.0779. The fourth-order valence-corrected chi connectivity index (χ4v) is 3.15. The zero-order chi connectivity index (χ0) is 16.8. The van der Waals surface area contributed by atoms with E-state index >= 15 is 0 Å². The summed E-state index contributed by atoms with van der Waals surface area (Å²) in [7, 11) is 0. The normalized spacial score (nSPS) is 19.9. The van der Waals surface area contributed by atoms with Gasteiger partial charge in [-0.05, 0) is 25.8 Å². The monoisotopic (exact) mass is 321 g/mol. The molecular formula is C20H39N3. The molecule has 0 amide bonds. The van der Waals surface area contributed by atoms with Gasteiger partial charge in [-0.25, -0.2) is 0 Å². The summed E-state index contributed by atoms with van der Waals surface area (Å²) in [6, 6.07) is 0. The Morgan fingerprint density at radius 1 is 1.04 bits per heavy atom. The Morgan fingerprint density at radius 2 is 1.61 bits per heavy atom. The molecule has 3 nitrogen and oxygen atoms in total. The largest absolute Gasteiger partial charge is 0.316 e. The molecule has 2 atom stereocenters. The van der Waals surface area contributed by atoms with E-state index in [1.165, 1.54) is 77.0 Å². The predicted octanol–water partition coefficient (Wildman–Crippen LogP) is 5.26. The molecule has 23 heavy (non-hydrogen) atoms. The van der Waals surface area contributed by atoms with Gasteiger partial charge in [-0.2, -0.15) is 0 Å². The van der Waals surface area contributed by atoms with Gasteiger partial charge in [-0.15, -0.1) is 0 Å². The molecule has 0 spiro atoms. The molecule has 1 aliphatic rings. The van der Waals surface area contributed by atoms with Crippen LogP contribution in [-0.2, 0) is 0 Å². The van der Waals surface area contributed by atoms with Crippen LogP contribution in [0.3, 0.4) is 0 Å². The topological polar surface area (TPSA) is 41.6 Å². The number of hydrogen-bond donors (Lipinski definition) is 1. The number of nitrogens with two attached hydrogens (primary N) is 1. The third kappa shape index (κ3) is 9.93. The van der Waals surface area contributed by atoms with Crippen LogP contribution < -0.4 is 5.73 Å². The van der Waals surface area contributed by atoms with Crippen LogP contribution in [0.15, 0.2) is 17.1 Å². The third-order valence-electron chi connectivity index (χ3n) is 4.70. The fraction of sp³-hybridized carbons (Fsp3) is 0.850. The van der Waals surface area contributed by atoms with Crippen LogP contribution in [0.1, 0.15) is 90.9 Å². The molecule has 134 valence electrons. The van der Waals surface area contributed by atoms with Crippen molar-refractivity contribution in [3.05, 3.63) is 12.2 Å². The van der Waals surface area contributed by atoms with Gasteiger partial charge in [0.2, 0.25) is 0 Å². The van der Waals surface area contributed by atoms with E-state index < -0.39 is 0 Å². The molecule has 1 rings (SSSR count). The number of allylic oxidation sites excluding steroid dienone is 1. The van der Waals surface area contributed by atoms with E-state index in [1.807, 2.05) is 13.1 Å². The van der Waals surface area contributed by atoms with Crippen LogP contribution in [0.2, 0.25) is 0 Å². The highest BCUT2D eigenvalue weighted by Gasteiger charge is 2.20. The Morgan fingerprint density at radius 3 is 2.17 bits per heavy atom. The van der Waals surface area contributed by atoms with Crippen LogP contribution >= 0.6 is 0 Å². The molecule has 3 heteroatoms. The molecule has 0 aromatic carbocycles. The van der Waals surface area contributed by atoms with Gasteiger partial charge >= 0.3 is 0 Å². The van der Waals surface area contributed by atoms with Crippen molar-refractivity contribution in [3.8, 4) is 0 Å². The molecule has 1 heterocycles. The van der Waals surface area contributed by atoms with E-state index in [0.717, 1.165) is 6.54 Å². The first-order valence-corrected chi connectivity index (χ1v) is 9.95. The highest BCUT2D eigenvalue weighted by Crippen LogP contribution is 2.13. The average Bonchev–Trinajstić information content (AvgIpc) is 3.00. The van der Waals surface area contributed by atoms with E-state index in [9.17, 15) is 0 Å². The second-order valence-corrected chi connectivity index (χ2v) is 6.94. The van der Waals surface area contributed by atoms with Crippen molar-refractivity contribution >= 4 is 6.21 Å². The van der Waals surface area contributed by atoms with Gasteiger partial charge in [0, 0.05) is 12.8 Å². The molecule has 0 fully saturated rings. The Hall–Kier alpha value is -0.670. The van der Waals surface area contributed by atoms with Crippen molar-refractivity contribution in [2.75, 3.05) is 6.54 Å². The molecule has 0 aromatic heterocycles. The quantitative estimate of drug-likeness (QED) is 0.350. The van der Waals surface area contributed by atoms with E-state index in [2.05, 4.69) is 29.0 Å². The third-order valence-corrected chi connectivity index (χ3v) is 4.70. The summed E-state index contributed by atoms with van der Waals surface area (Å²) in [6.07, 6.45) is 23.4. The lowest BCUT2D eigenvalue weighted by Gasteiger charge is -2.24. The molecular weight excluding hydrogens is 282 g/mol. The van der Waals surface area contributed by atoms with Gasteiger partial charge in [0.05, 0.1) is 6.17 Å². The second-order valence-electron chi connectivity index (χ2n) is 6.94. The van der Waals surface area contributed by atoms with E-state index in [4.69, 9.17) is 5.73 Å². The Bertz CT molecular complexity index is 323. The standard InChI is InChI=1S/C20H39N3/c1-3-4-5-6-7-8-9-10-11-12-13-14-15-16-20-22-17-18-23(20)19(2)21/h15-17,19-20H,3-14,18,21H2,1-2H3/b16-15+. The van der Waals surface area contributed by atoms with Gasteiger partial charge in [0.25, 0.3) is 0 Å². The van der Waals surface area contributed by atoms with Crippen molar-refractivity contribution in [1.29, 1.82) is 0 Å². The zero-order valence-corrected chi connectivity index (χ0v) is 15.6. The summed E-state index contributed by atoms with van der Waals surface area (Å²) in [4.78, 5) is 6.67. The lowest BCUT2D eigenvalue weighted by molar-refractivity contribution is 0.224. The number of nitrogens with zero attached hydrogens (tertiary/aromatic N) is 2. The summed E-state index contributed by atoms with van der Waals surface area (Å²) in [6.45, 7) is 5.19. The smallest absolute Gasteiger partial charge is 0.122 e. The molecule has 0 bridgehead atoms. The maximum absolute atomic E-state index is 5.94. The minimum Gasteiger partial charge on any atom is -0.316 e. The molecule has 0 saturated carbocycles. The van der Waals surface area contributed by atoms with Crippen molar-refractivity contribution < 1.29 is 0 Å². The highest BCUT2D eigenvalue weighted by atomic mass is 15.3. The summed E-state index contributed by atoms with van der Waals surface area (Å²) in [5, 5.41) is 0. The maximum atomic E-state index is 5.94. The van der Waals surface area contributed by atoms with E-state index in [-0.39, 0.29) is 12.3 Å². The molecule has 0 aromatic rings. The number of hydrogen-bond acceptors (Lipinski definition) is 3. The highest BCUT2D eigenvalue weighted by molar-refractivity contribution is 5.62. The lowest BCUT2D eigenvalue weighted by atomic mass is 10.1.